The molecule has 1 aromatic rings. The van der Waals surface area contributed by atoms with E-state index >= 15 is 0 Å². The molecular formula is C14H24N4O. The Morgan fingerprint density at radius 2 is 2.16 bits per heavy atom. The summed E-state index contributed by atoms with van der Waals surface area (Å²) in [5, 5.41) is 10.9. The predicted octanol–water partition coefficient (Wildman–Crippen LogP) is 2.00. The molecular weight excluding hydrogens is 240 g/mol. The fourth-order valence-electron chi connectivity index (χ4n) is 2.70. The molecule has 1 amide bonds. The van der Waals surface area contributed by atoms with E-state index in [4.69, 9.17) is 0 Å². The number of rotatable bonds is 6. The van der Waals surface area contributed by atoms with Crippen LogP contribution in [0.1, 0.15) is 46.0 Å². The average molecular weight is 264 g/mol. The first-order valence-electron chi connectivity index (χ1n) is 7.28. The first kappa shape index (κ1) is 14.0. The van der Waals surface area contributed by atoms with Gasteiger partial charge in [0, 0.05) is 12.6 Å². The average Bonchev–Trinajstić information content (AvgIpc) is 3.00. The minimum atomic E-state index is 0.121. The van der Waals surface area contributed by atoms with E-state index in [1.807, 2.05) is 6.20 Å². The van der Waals surface area contributed by atoms with Crippen LogP contribution in [0.5, 0.6) is 0 Å². The molecule has 106 valence electrons. The Balaban J connectivity index is 1.83. The van der Waals surface area contributed by atoms with Gasteiger partial charge >= 0.3 is 0 Å². The number of hydrogen-bond acceptors (Lipinski definition) is 3. The van der Waals surface area contributed by atoms with Gasteiger partial charge < -0.3 is 5.32 Å². The quantitative estimate of drug-likeness (QED) is 0.855. The van der Waals surface area contributed by atoms with Crippen LogP contribution in [0.4, 0.5) is 0 Å². The molecule has 1 saturated carbocycles. The molecule has 1 atom stereocenters. The van der Waals surface area contributed by atoms with Crippen LogP contribution in [0.25, 0.3) is 0 Å². The molecule has 0 aromatic carbocycles. The van der Waals surface area contributed by atoms with Crippen LogP contribution in [-0.2, 0) is 11.3 Å². The lowest BCUT2D eigenvalue weighted by molar-refractivity contribution is -0.123. The third kappa shape index (κ3) is 4.33. The van der Waals surface area contributed by atoms with E-state index in [0.717, 1.165) is 0 Å². The molecule has 0 aliphatic heterocycles. The summed E-state index contributed by atoms with van der Waals surface area (Å²) in [6, 6.07) is 0.121. The second kappa shape index (κ2) is 6.68. The second-order valence-electron chi connectivity index (χ2n) is 5.90. The van der Waals surface area contributed by atoms with Crippen molar-refractivity contribution in [3.05, 3.63) is 12.4 Å². The lowest BCUT2D eigenvalue weighted by atomic mass is 10.0. The molecule has 0 bridgehead atoms. The summed E-state index contributed by atoms with van der Waals surface area (Å²) in [7, 11) is 0. The largest absolute Gasteiger partial charge is 0.351 e. The van der Waals surface area contributed by atoms with Crippen molar-refractivity contribution in [3.8, 4) is 0 Å². The third-order valence-electron chi connectivity index (χ3n) is 3.96. The minimum Gasteiger partial charge on any atom is -0.351 e. The molecule has 1 aliphatic carbocycles. The molecule has 0 spiro atoms. The maximum Gasteiger partial charge on any atom is 0.220 e. The van der Waals surface area contributed by atoms with Crippen LogP contribution in [0.3, 0.4) is 0 Å². The van der Waals surface area contributed by atoms with E-state index in [1.54, 1.807) is 10.9 Å². The monoisotopic (exact) mass is 264 g/mol. The first-order chi connectivity index (χ1) is 9.15. The molecule has 0 saturated heterocycles. The predicted molar refractivity (Wildman–Crippen MR) is 73.4 cm³/mol. The van der Waals surface area contributed by atoms with E-state index in [-0.39, 0.29) is 11.9 Å². The minimum absolute atomic E-state index is 0.121. The van der Waals surface area contributed by atoms with Crippen LogP contribution in [0.2, 0.25) is 0 Å². The van der Waals surface area contributed by atoms with E-state index in [0.29, 0.717) is 24.8 Å². The molecule has 0 unspecified atom stereocenters. The molecule has 1 aliphatic rings. The zero-order chi connectivity index (χ0) is 13.7. The summed E-state index contributed by atoms with van der Waals surface area (Å²) in [6.45, 7) is 4.93. The Kier molecular flexibility index (Phi) is 4.93. The highest BCUT2D eigenvalue weighted by Gasteiger charge is 2.22. The standard InChI is InChI=1S/C14H24N4O/c1-11(2)13(10-18-8-7-15-17-18)16-14(19)9-12-5-3-4-6-12/h7-8,11-13H,3-6,9-10H2,1-2H3,(H,16,19)/t13-/m1/s1. The van der Waals surface area contributed by atoms with Crippen LogP contribution in [-0.4, -0.2) is 26.9 Å². The Bertz CT molecular complexity index is 382. The first-order valence-corrected chi connectivity index (χ1v) is 7.28. The van der Waals surface area contributed by atoms with Crippen molar-refractivity contribution in [2.24, 2.45) is 11.8 Å². The van der Waals surface area contributed by atoms with Gasteiger partial charge in [-0.05, 0) is 24.7 Å². The Morgan fingerprint density at radius 1 is 1.42 bits per heavy atom. The zero-order valence-electron chi connectivity index (χ0n) is 11.9. The summed E-state index contributed by atoms with van der Waals surface area (Å²) in [5.74, 6) is 1.17. The highest BCUT2D eigenvalue weighted by Crippen LogP contribution is 2.27. The van der Waals surface area contributed by atoms with Crippen LogP contribution in [0.15, 0.2) is 12.4 Å². The normalized spacial score (nSPS) is 17.8. The smallest absolute Gasteiger partial charge is 0.220 e. The topological polar surface area (TPSA) is 59.8 Å². The zero-order valence-corrected chi connectivity index (χ0v) is 11.9. The fourth-order valence-corrected chi connectivity index (χ4v) is 2.70. The number of hydrogen-bond donors (Lipinski definition) is 1. The second-order valence-corrected chi connectivity index (χ2v) is 5.90. The summed E-state index contributed by atoms with van der Waals surface area (Å²) >= 11 is 0. The van der Waals surface area contributed by atoms with Crippen molar-refractivity contribution in [2.75, 3.05) is 0 Å². The molecule has 19 heavy (non-hydrogen) atoms. The molecule has 1 fully saturated rings. The van der Waals surface area contributed by atoms with E-state index in [9.17, 15) is 4.79 Å². The van der Waals surface area contributed by atoms with Gasteiger partial charge in [0.2, 0.25) is 5.91 Å². The maximum absolute atomic E-state index is 12.1. The number of nitrogens with one attached hydrogen (secondary N) is 1. The lowest BCUT2D eigenvalue weighted by Crippen LogP contribution is -2.42. The van der Waals surface area contributed by atoms with Crippen molar-refractivity contribution < 1.29 is 4.79 Å². The number of amides is 1. The van der Waals surface area contributed by atoms with Gasteiger partial charge in [0.1, 0.15) is 0 Å². The van der Waals surface area contributed by atoms with E-state index in [1.165, 1.54) is 25.7 Å². The van der Waals surface area contributed by atoms with Crippen LogP contribution >= 0.6 is 0 Å². The van der Waals surface area contributed by atoms with Gasteiger partial charge in [-0.1, -0.05) is 31.9 Å². The molecule has 1 N–H and O–H groups in total. The van der Waals surface area contributed by atoms with Crippen molar-refractivity contribution in [1.29, 1.82) is 0 Å². The number of carbonyl (C=O) groups excluding carboxylic acids is 1. The summed E-state index contributed by atoms with van der Waals surface area (Å²) in [6.07, 6.45) is 9.16. The molecule has 5 heteroatoms. The summed E-state index contributed by atoms with van der Waals surface area (Å²) in [5.41, 5.74) is 0. The number of nitrogens with zero attached hydrogens (tertiary/aromatic N) is 3. The van der Waals surface area contributed by atoms with Crippen LogP contribution in [0, 0.1) is 11.8 Å². The Hall–Kier alpha value is -1.39. The van der Waals surface area contributed by atoms with Crippen molar-refractivity contribution in [1.82, 2.24) is 20.3 Å². The Morgan fingerprint density at radius 3 is 2.74 bits per heavy atom. The van der Waals surface area contributed by atoms with E-state index in [2.05, 4.69) is 29.5 Å². The molecule has 5 nitrogen and oxygen atoms in total. The van der Waals surface area contributed by atoms with Crippen molar-refractivity contribution in [3.63, 3.8) is 0 Å². The van der Waals surface area contributed by atoms with Gasteiger partial charge in [-0.15, -0.1) is 5.10 Å². The maximum atomic E-state index is 12.1. The third-order valence-corrected chi connectivity index (χ3v) is 3.96. The van der Waals surface area contributed by atoms with Gasteiger partial charge in [-0.25, -0.2) is 0 Å². The summed E-state index contributed by atoms with van der Waals surface area (Å²) < 4.78 is 1.78. The van der Waals surface area contributed by atoms with Gasteiger partial charge in [-0.3, -0.25) is 9.48 Å². The lowest BCUT2D eigenvalue weighted by Gasteiger charge is -2.23. The van der Waals surface area contributed by atoms with E-state index < -0.39 is 0 Å². The summed E-state index contributed by atoms with van der Waals surface area (Å²) in [4.78, 5) is 12.1. The SMILES string of the molecule is CC(C)[C@@H](Cn1ccnn1)NC(=O)CC1CCCC1. The fraction of sp³-hybridized carbons (Fsp3) is 0.786. The number of aromatic nitrogens is 3. The Labute approximate surface area is 114 Å². The van der Waals surface area contributed by atoms with Crippen LogP contribution < -0.4 is 5.32 Å². The number of carbonyl (C=O) groups is 1. The highest BCUT2D eigenvalue weighted by molar-refractivity contribution is 5.76. The molecule has 1 heterocycles. The van der Waals surface area contributed by atoms with Gasteiger partial charge in [0.25, 0.3) is 0 Å². The van der Waals surface area contributed by atoms with Crippen molar-refractivity contribution >= 4 is 5.91 Å². The molecule has 0 radical (unpaired) electrons. The highest BCUT2D eigenvalue weighted by atomic mass is 16.1. The van der Waals surface area contributed by atoms with Gasteiger partial charge in [0.05, 0.1) is 18.8 Å². The van der Waals surface area contributed by atoms with Gasteiger partial charge in [-0.2, -0.15) is 0 Å². The molecule has 1 aromatic heterocycles. The van der Waals surface area contributed by atoms with Crippen molar-refractivity contribution in [2.45, 2.75) is 58.5 Å². The molecule has 2 rings (SSSR count). The van der Waals surface area contributed by atoms with Gasteiger partial charge in [0.15, 0.2) is 0 Å².